The van der Waals surface area contributed by atoms with Gasteiger partial charge in [0.1, 0.15) is 11.6 Å². The molecule has 1 aromatic heterocycles. The van der Waals surface area contributed by atoms with Crippen molar-refractivity contribution in [2.75, 3.05) is 59.3 Å². The molecule has 0 spiro atoms. The third-order valence-electron chi connectivity index (χ3n) is 7.97. The fourth-order valence-electron chi connectivity index (χ4n) is 5.83. The average Bonchev–Trinajstić information content (AvgIpc) is 3.34. The van der Waals surface area contributed by atoms with Crippen LogP contribution in [0, 0.1) is 0 Å². The summed E-state index contributed by atoms with van der Waals surface area (Å²) in [5.41, 5.74) is 8.89. The van der Waals surface area contributed by atoms with Crippen molar-refractivity contribution in [2.45, 2.75) is 18.9 Å². The highest BCUT2D eigenvalue weighted by Crippen LogP contribution is 2.48. The van der Waals surface area contributed by atoms with Crippen molar-refractivity contribution in [1.82, 2.24) is 14.8 Å². The summed E-state index contributed by atoms with van der Waals surface area (Å²) in [7, 11) is 8.09. The molecule has 6 rings (SSSR count). The SMILES string of the molecule is CN1CCC2=C(C1)C(c1ccccc1)c1ccccc12.COc1ccc(CN(CCN(C)C)c2ccccn2)cc1. The van der Waals surface area contributed by atoms with Crippen LogP contribution in [0.1, 0.15) is 34.6 Å². The van der Waals surface area contributed by atoms with Crippen LogP contribution in [-0.4, -0.2) is 69.2 Å². The molecule has 0 amide bonds. The Morgan fingerprint density at radius 3 is 2.29 bits per heavy atom. The highest BCUT2D eigenvalue weighted by molar-refractivity contribution is 5.81. The molecule has 5 heteroatoms. The number of aromatic nitrogens is 1. The third kappa shape index (κ3) is 7.05. The number of rotatable bonds is 8. The van der Waals surface area contributed by atoms with Crippen molar-refractivity contribution in [3.63, 3.8) is 0 Å². The number of nitrogens with zero attached hydrogens (tertiary/aromatic N) is 4. The topological polar surface area (TPSA) is 31.8 Å². The van der Waals surface area contributed by atoms with Crippen LogP contribution in [0.25, 0.3) is 5.57 Å². The summed E-state index contributed by atoms with van der Waals surface area (Å²) in [6.07, 6.45) is 3.03. The van der Waals surface area contributed by atoms with E-state index >= 15 is 0 Å². The van der Waals surface area contributed by atoms with E-state index in [0.717, 1.165) is 37.7 Å². The summed E-state index contributed by atoms with van der Waals surface area (Å²) < 4.78 is 5.21. The Hall–Kier alpha value is -3.93. The number of benzene rings is 3. The molecule has 1 atom stereocenters. The van der Waals surface area contributed by atoms with Gasteiger partial charge in [0.15, 0.2) is 0 Å². The predicted octanol–water partition coefficient (Wildman–Crippen LogP) is 6.58. The Morgan fingerprint density at radius 1 is 0.854 bits per heavy atom. The van der Waals surface area contributed by atoms with E-state index in [2.05, 4.69) is 114 Å². The summed E-state index contributed by atoms with van der Waals surface area (Å²) in [4.78, 5) is 11.4. The average molecular weight is 547 g/mol. The third-order valence-corrected chi connectivity index (χ3v) is 7.97. The van der Waals surface area contributed by atoms with Crippen LogP contribution in [-0.2, 0) is 6.54 Å². The number of hydrogen-bond donors (Lipinski definition) is 0. The number of methoxy groups -OCH3 is 1. The summed E-state index contributed by atoms with van der Waals surface area (Å²) >= 11 is 0. The lowest BCUT2D eigenvalue weighted by atomic mass is 9.87. The van der Waals surface area contributed by atoms with E-state index < -0.39 is 0 Å². The smallest absolute Gasteiger partial charge is 0.128 e. The molecule has 2 heterocycles. The quantitative estimate of drug-likeness (QED) is 0.249. The summed E-state index contributed by atoms with van der Waals surface area (Å²) in [5.74, 6) is 2.36. The van der Waals surface area contributed by atoms with Gasteiger partial charge in [-0.2, -0.15) is 0 Å². The van der Waals surface area contributed by atoms with Crippen molar-refractivity contribution < 1.29 is 4.74 Å². The zero-order valence-corrected chi connectivity index (χ0v) is 24.8. The number of fused-ring (bicyclic) bond motifs is 2. The lowest BCUT2D eigenvalue weighted by Crippen LogP contribution is -2.31. The van der Waals surface area contributed by atoms with Crippen LogP contribution in [0.5, 0.6) is 5.75 Å². The highest BCUT2D eigenvalue weighted by Gasteiger charge is 2.34. The monoisotopic (exact) mass is 546 g/mol. The van der Waals surface area contributed by atoms with Crippen LogP contribution in [0.4, 0.5) is 5.82 Å². The molecule has 41 heavy (non-hydrogen) atoms. The van der Waals surface area contributed by atoms with Crippen LogP contribution < -0.4 is 9.64 Å². The molecule has 5 nitrogen and oxygen atoms in total. The maximum atomic E-state index is 5.21. The van der Waals surface area contributed by atoms with E-state index in [-0.39, 0.29) is 0 Å². The van der Waals surface area contributed by atoms with Crippen LogP contribution in [0.2, 0.25) is 0 Å². The molecule has 4 aromatic rings. The molecule has 0 saturated heterocycles. The minimum absolute atomic E-state index is 0.463. The molecule has 0 bridgehead atoms. The van der Waals surface area contributed by atoms with E-state index in [0.29, 0.717) is 5.92 Å². The fourth-order valence-corrected chi connectivity index (χ4v) is 5.83. The molecule has 0 N–H and O–H groups in total. The largest absolute Gasteiger partial charge is 0.497 e. The number of likely N-dealkylation sites (N-methyl/N-ethyl adjacent to an activating group) is 2. The molecular formula is C36H42N4O. The maximum Gasteiger partial charge on any atom is 0.128 e. The Balaban J connectivity index is 0.000000165. The molecule has 0 saturated carbocycles. The molecule has 2 aliphatic rings. The van der Waals surface area contributed by atoms with Crippen LogP contribution in [0.3, 0.4) is 0 Å². The maximum absolute atomic E-state index is 5.21. The Morgan fingerprint density at radius 2 is 1.59 bits per heavy atom. The van der Waals surface area contributed by atoms with Crippen molar-refractivity contribution in [3.8, 4) is 5.75 Å². The van der Waals surface area contributed by atoms with Gasteiger partial charge in [0.2, 0.25) is 0 Å². The molecule has 212 valence electrons. The van der Waals surface area contributed by atoms with Gasteiger partial charge < -0.3 is 19.4 Å². The van der Waals surface area contributed by atoms with E-state index in [1.54, 1.807) is 18.3 Å². The van der Waals surface area contributed by atoms with Crippen LogP contribution in [0.15, 0.2) is 109 Å². The second kappa shape index (κ2) is 13.6. The lowest BCUT2D eigenvalue weighted by molar-refractivity contribution is 0.356. The van der Waals surface area contributed by atoms with Gasteiger partial charge in [-0.25, -0.2) is 4.98 Å². The van der Waals surface area contributed by atoms with Gasteiger partial charge in [-0.1, -0.05) is 72.8 Å². The first-order chi connectivity index (χ1) is 20.0. The number of hydrogen-bond acceptors (Lipinski definition) is 5. The minimum Gasteiger partial charge on any atom is -0.497 e. The lowest BCUT2D eigenvalue weighted by Gasteiger charge is -2.27. The van der Waals surface area contributed by atoms with Gasteiger partial charge >= 0.3 is 0 Å². The van der Waals surface area contributed by atoms with Gasteiger partial charge in [-0.05, 0) is 85.2 Å². The molecule has 3 aromatic carbocycles. The van der Waals surface area contributed by atoms with Crippen molar-refractivity contribution >= 4 is 11.4 Å². The minimum atomic E-state index is 0.463. The van der Waals surface area contributed by atoms with Gasteiger partial charge in [-0.15, -0.1) is 0 Å². The van der Waals surface area contributed by atoms with E-state index in [4.69, 9.17) is 4.74 Å². The predicted molar refractivity (Wildman–Crippen MR) is 171 cm³/mol. The zero-order valence-electron chi connectivity index (χ0n) is 24.8. The zero-order chi connectivity index (χ0) is 28.6. The van der Waals surface area contributed by atoms with Crippen molar-refractivity contribution in [1.29, 1.82) is 0 Å². The summed E-state index contributed by atoms with van der Waals surface area (Å²) in [5, 5.41) is 0. The van der Waals surface area contributed by atoms with Crippen LogP contribution >= 0.6 is 0 Å². The van der Waals surface area contributed by atoms with E-state index in [1.165, 1.54) is 35.2 Å². The molecule has 0 fully saturated rings. The number of ether oxygens (including phenoxy) is 1. The molecule has 1 unspecified atom stereocenters. The van der Waals surface area contributed by atoms with E-state index in [9.17, 15) is 0 Å². The Kier molecular flexibility index (Phi) is 9.50. The second-order valence-electron chi connectivity index (χ2n) is 11.2. The second-order valence-corrected chi connectivity index (χ2v) is 11.2. The molecular weight excluding hydrogens is 504 g/mol. The van der Waals surface area contributed by atoms with E-state index in [1.807, 2.05) is 30.5 Å². The normalized spacial score (nSPS) is 16.1. The summed E-state index contributed by atoms with van der Waals surface area (Å²) in [6.45, 7) is 5.05. The first kappa shape index (κ1) is 28.6. The highest BCUT2D eigenvalue weighted by atomic mass is 16.5. The fraction of sp³-hybridized carbons (Fsp3) is 0.306. The van der Waals surface area contributed by atoms with Crippen molar-refractivity contribution in [3.05, 3.63) is 131 Å². The van der Waals surface area contributed by atoms with Gasteiger partial charge in [0.25, 0.3) is 0 Å². The number of anilines is 1. The Labute approximate surface area is 245 Å². The first-order valence-electron chi connectivity index (χ1n) is 14.5. The van der Waals surface area contributed by atoms with Gasteiger partial charge in [0, 0.05) is 44.8 Å². The molecule has 1 aliphatic heterocycles. The summed E-state index contributed by atoms with van der Waals surface area (Å²) in [6, 6.07) is 34.1. The molecule has 0 radical (unpaired) electrons. The Bertz CT molecular complexity index is 1420. The number of pyridine rings is 1. The van der Waals surface area contributed by atoms with Gasteiger partial charge in [-0.3, -0.25) is 0 Å². The van der Waals surface area contributed by atoms with Gasteiger partial charge in [0.05, 0.1) is 7.11 Å². The standard InChI is InChI=1S/C19H19N.C17H23N3O/c1-20-12-11-16-15-9-5-6-10-17(15)19(18(16)13-20)14-7-3-2-4-8-14;1-19(2)12-13-20(17-6-4-5-11-18-17)14-15-7-9-16(21-3)10-8-15/h2-10,19H,11-13H2,1H3;4-11H,12-14H2,1-3H3. The molecule has 1 aliphatic carbocycles. The first-order valence-corrected chi connectivity index (χ1v) is 14.5. The van der Waals surface area contributed by atoms with Crippen molar-refractivity contribution in [2.24, 2.45) is 0 Å².